The van der Waals surface area contributed by atoms with Gasteiger partial charge < -0.3 is 20.1 Å². The van der Waals surface area contributed by atoms with Crippen LogP contribution in [0.5, 0.6) is 17.2 Å². The minimum Gasteiger partial charge on any atom is -0.496 e. The van der Waals surface area contributed by atoms with Crippen LogP contribution in [0.2, 0.25) is 5.02 Å². The van der Waals surface area contributed by atoms with E-state index < -0.39 is 0 Å². The van der Waals surface area contributed by atoms with Crippen LogP contribution in [0.25, 0.3) is 0 Å². The molecule has 0 bridgehead atoms. The summed E-state index contributed by atoms with van der Waals surface area (Å²) in [4.78, 5) is 24.7. The number of methoxy groups -OCH3 is 1. The molecule has 3 aromatic rings. The van der Waals surface area contributed by atoms with E-state index in [0.29, 0.717) is 33.5 Å². The second-order valence-electron chi connectivity index (χ2n) is 6.28. The monoisotopic (exact) mass is 424 g/mol. The maximum Gasteiger partial charge on any atom is 0.255 e. The van der Waals surface area contributed by atoms with Gasteiger partial charge in [0.2, 0.25) is 5.91 Å². The summed E-state index contributed by atoms with van der Waals surface area (Å²) in [5, 5.41) is 6.00. The molecule has 154 valence electrons. The molecule has 0 aliphatic heterocycles. The van der Waals surface area contributed by atoms with Gasteiger partial charge in [-0.15, -0.1) is 0 Å². The lowest BCUT2D eigenvalue weighted by molar-refractivity contribution is -0.116. The van der Waals surface area contributed by atoms with Gasteiger partial charge in [0.25, 0.3) is 5.91 Å². The van der Waals surface area contributed by atoms with Gasteiger partial charge in [-0.05, 0) is 36.4 Å². The first-order valence-corrected chi connectivity index (χ1v) is 9.68. The van der Waals surface area contributed by atoms with Crippen molar-refractivity contribution in [2.75, 3.05) is 19.0 Å². The highest BCUT2D eigenvalue weighted by Crippen LogP contribution is 2.33. The first-order valence-electron chi connectivity index (χ1n) is 9.31. The van der Waals surface area contributed by atoms with Gasteiger partial charge in [0, 0.05) is 13.0 Å². The number of rotatable bonds is 8. The van der Waals surface area contributed by atoms with E-state index in [1.165, 1.54) is 7.11 Å². The van der Waals surface area contributed by atoms with Crippen molar-refractivity contribution in [3.8, 4) is 17.2 Å². The van der Waals surface area contributed by atoms with Gasteiger partial charge in [0.05, 0.1) is 23.4 Å². The standard InChI is InChI=1S/C23H21ClN2O4/c1-29-19-11-5-2-8-16(19)23(28)25-15-14-22(27)26-18-10-4-7-13-21(18)30-20-12-6-3-9-17(20)24/h2-13H,14-15H2,1H3,(H,25,28)(H,26,27). The quantitative estimate of drug-likeness (QED) is 0.539. The third kappa shape index (κ3) is 5.52. The van der Waals surface area contributed by atoms with Gasteiger partial charge in [-0.2, -0.15) is 0 Å². The molecule has 0 radical (unpaired) electrons. The van der Waals surface area contributed by atoms with Gasteiger partial charge in [-0.25, -0.2) is 0 Å². The number of hydrogen-bond donors (Lipinski definition) is 2. The van der Waals surface area contributed by atoms with Gasteiger partial charge >= 0.3 is 0 Å². The Kier molecular flexibility index (Phi) is 7.29. The maximum absolute atomic E-state index is 12.4. The Hall–Kier alpha value is -3.51. The van der Waals surface area contributed by atoms with Crippen LogP contribution in [0, 0.1) is 0 Å². The van der Waals surface area contributed by atoms with E-state index in [1.807, 2.05) is 12.1 Å². The molecule has 30 heavy (non-hydrogen) atoms. The average molecular weight is 425 g/mol. The number of halogens is 1. The SMILES string of the molecule is COc1ccccc1C(=O)NCCC(=O)Nc1ccccc1Oc1ccccc1Cl. The molecule has 2 amide bonds. The van der Waals surface area contributed by atoms with E-state index in [4.69, 9.17) is 21.1 Å². The summed E-state index contributed by atoms with van der Waals surface area (Å²) in [5.41, 5.74) is 0.928. The fraction of sp³-hybridized carbons (Fsp3) is 0.130. The number of hydrogen-bond acceptors (Lipinski definition) is 4. The van der Waals surface area contributed by atoms with E-state index in [-0.39, 0.29) is 24.8 Å². The Bertz CT molecular complexity index is 1040. The summed E-state index contributed by atoms with van der Waals surface area (Å²) in [5.74, 6) is 0.875. The van der Waals surface area contributed by atoms with Crippen molar-refractivity contribution in [3.05, 3.63) is 83.4 Å². The van der Waals surface area contributed by atoms with Crippen LogP contribution in [-0.2, 0) is 4.79 Å². The average Bonchev–Trinajstić information content (AvgIpc) is 2.76. The molecule has 3 rings (SSSR count). The molecule has 2 N–H and O–H groups in total. The number of carbonyl (C=O) groups is 2. The Labute approximate surface area is 179 Å². The van der Waals surface area contributed by atoms with Crippen molar-refractivity contribution in [2.24, 2.45) is 0 Å². The maximum atomic E-state index is 12.4. The van der Waals surface area contributed by atoms with Gasteiger partial charge in [0.1, 0.15) is 11.5 Å². The first-order chi connectivity index (χ1) is 14.6. The Balaban J connectivity index is 1.57. The second-order valence-corrected chi connectivity index (χ2v) is 6.69. The highest BCUT2D eigenvalue weighted by Gasteiger charge is 2.13. The van der Waals surface area contributed by atoms with Crippen molar-refractivity contribution in [2.45, 2.75) is 6.42 Å². The normalized spacial score (nSPS) is 10.2. The minimum atomic E-state index is -0.303. The third-order valence-electron chi connectivity index (χ3n) is 4.21. The zero-order valence-electron chi connectivity index (χ0n) is 16.4. The number of anilines is 1. The van der Waals surface area contributed by atoms with Crippen LogP contribution in [0.3, 0.4) is 0 Å². The molecule has 0 aromatic heterocycles. The van der Waals surface area contributed by atoms with E-state index in [2.05, 4.69) is 10.6 Å². The van der Waals surface area contributed by atoms with Crippen molar-refractivity contribution >= 4 is 29.1 Å². The fourth-order valence-electron chi connectivity index (χ4n) is 2.73. The van der Waals surface area contributed by atoms with Crippen molar-refractivity contribution < 1.29 is 19.1 Å². The number of para-hydroxylation sites is 4. The van der Waals surface area contributed by atoms with Gasteiger partial charge in [-0.1, -0.05) is 48.0 Å². The molecular formula is C23H21ClN2O4. The molecule has 3 aromatic carbocycles. The van der Waals surface area contributed by atoms with Crippen LogP contribution < -0.4 is 20.1 Å². The lowest BCUT2D eigenvalue weighted by atomic mass is 10.2. The van der Waals surface area contributed by atoms with Crippen molar-refractivity contribution in [3.63, 3.8) is 0 Å². The molecule has 0 saturated carbocycles. The number of amides is 2. The first kappa shape index (κ1) is 21.2. The molecule has 0 spiro atoms. The van der Waals surface area contributed by atoms with Crippen LogP contribution in [0.15, 0.2) is 72.8 Å². The van der Waals surface area contributed by atoms with Crippen molar-refractivity contribution in [1.29, 1.82) is 0 Å². The Morgan fingerprint density at radius 1 is 0.867 bits per heavy atom. The fourth-order valence-corrected chi connectivity index (χ4v) is 2.91. The summed E-state index contributed by atoms with van der Waals surface area (Å²) >= 11 is 6.14. The van der Waals surface area contributed by atoms with E-state index in [0.717, 1.165) is 0 Å². The molecular weight excluding hydrogens is 404 g/mol. The van der Waals surface area contributed by atoms with E-state index in [9.17, 15) is 9.59 Å². The minimum absolute atomic E-state index is 0.0985. The summed E-state index contributed by atoms with van der Waals surface area (Å²) in [7, 11) is 1.50. The van der Waals surface area contributed by atoms with E-state index in [1.54, 1.807) is 60.7 Å². The predicted molar refractivity (Wildman–Crippen MR) is 117 cm³/mol. The summed E-state index contributed by atoms with van der Waals surface area (Å²) < 4.78 is 11.0. The largest absolute Gasteiger partial charge is 0.496 e. The van der Waals surface area contributed by atoms with Crippen LogP contribution in [-0.4, -0.2) is 25.5 Å². The molecule has 0 atom stereocenters. The third-order valence-corrected chi connectivity index (χ3v) is 4.52. The number of carbonyl (C=O) groups excluding carboxylic acids is 2. The summed E-state index contributed by atoms with van der Waals surface area (Å²) in [6, 6.07) is 21.1. The summed E-state index contributed by atoms with van der Waals surface area (Å²) in [6.07, 6.45) is 0.0985. The Morgan fingerprint density at radius 3 is 2.23 bits per heavy atom. The number of ether oxygens (including phenoxy) is 2. The van der Waals surface area contributed by atoms with Gasteiger partial charge in [-0.3, -0.25) is 9.59 Å². The molecule has 0 unspecified atom stereocenters. The zero-order chi connectivity index (χ0) is 21.3. The molecule has 7 heteroatoms. The number of nitrogens with one attached hydrogen (secondary N) is 2. The molecule has 0 aliphatic rings. The highest BCUT2D eigenvalue weighted by atomic mass is 35.5. The van der Waals surface area contributed by atoms with Crippen LogP contribution in [0.4, 0.5) is 5.69 Å². The van der Waals surface area contributed by atoms with Gasteiger partial charge in [0.15, 0.2) is 5.75 Å². The smallest absolute Gasteiger partial charge is 0.255 e. The lowest BCUT2D eigenvalue weighted by Crippen LogP contribution is -2.28. The molecule has 6 nitrogen and oxygen atoms in total. The van der Waals surface area contributed by atoms with Crippen LogP contribution in [0.1, 0.15) is 16.8 Å². The Morgan fingerprint density at radius 2 is 1.50 bits per heavy atom. The lowest BCUT2D eigenvalue weighted by Gasteiger charge is -2.13. The molecule has 0 aliphatic carbocycles. The van der Waals surface area contributed by atoms with Crippen LogP contribution >= 0.6 is 11.6 Å². The second kappa shape index (κ2) is 10.3. The molecule has 0 fully saturated rings. The molecule has 0 saturated heterocycles. The summed E-state index contributed by atoms with van der Waals surface area (Å²) in [6.45, 7) is 0.177. The zero-order valence-corrected chi connectivity index (χ0v) is 17.1. The molecule has 0 heterocycles. The van der Waals surface area contributed by atoms with E-state index >= 15 is 0 Å². The highest BCUT2D eigenvalue weighted by molar-refractivity contribution is 6.32. The predicted octanol–water partition coefficient (Wildman–Crippen LogP) is 4.90. The van der Waals surface area contributed by atoms with Crippen molar-refractivity contribution in [1.82, 2.24) is 5.32 Å². The number of benzene rings is 3. The topological polar surface area (TPSA) is 76.7 Å².